The van der Waals surface area contributed by atoms with Crippen molar-refractivity contribution in [2.45, 2.75) is 18.9 Å². The Kier molecular flexibility index (Phi) is 3.70. The van der Waals surface area contributed by atoms with Crippen LogP contribution >= 0.6 is 0 Å². The van der Waals surface area contributed by atoms with Gasteiger partial charge in [0.05, 0.1) is 0 Å². The van der Waals surface area contributed by atoms with Gasteiger partial charge in [-0.25, -0.2) is 4.68 Å². The summed E-state index contributed by atoms with van der Waals surface area (Å²) in [6.45, 7) is 1.83. The first-order chi connectivity index (χ1) is 10.1. The first kappa shape index (κ1) is 13.7. The van der Waals surface area contributed by atoms with E-state index >= 15 is 0 Å². The summed E-state index contributed by atoms with van der Waals surface area (Å²) in [5.41, 5.74) is 5.83. The molecule has 8 nitrogen and oxygen atoms in total. The fourth-order valence-electron chi connectivity index (χ4n) is 2.56. The highest BCUT2D eigenvalue weighted by atomic mass is 15.4. The van der Waals surface area contributed by atoms with Crippen molar-refractivity contribution in [1.29, 1.82) is 0 Å². The maximum atomic E-state index is 5.83. The number of nitrogens with two attached hydrogens (primary N) is 1. The van der Waals surface area contributed by atoms with Crippen LogP contribution in [0.2, 0.25) is 0 Å². The summed E-state index contributed by atoms with van der Waals surface area (Å²) in [6, 6.07) is 2.33. The highest BCUT2D eigenvalue weighted by Gasteiger charge is 2.24. The predicted molar refractivity (Wildman–Crippen MR) is 80.3 cm³/mol. The zero-order valence-electron chi connectivity index (χ0n) is 12.3. The zero-order valence-corrected chi connectivity index (χ0v) is 12.3. The van der Waals surface area contributed by atoms with Crippen LogP contribution in [0.15, 0.2) is 18.5 Å². The Balaban J connectivity index is 1.88. The molecule has 1 saturated heterocycles. The molecule has 0 saturated carbocycles. The number of anilines is 2. The van der Waals surface area contributed by atoms with Gasteiger partial charge in [-0.3, -0.25) is 0 Å². The van der Waals surface area contributed by atoms with Gasteiger partial charge in [-0.2, -0.15) is 20.1 Å². The van der Waals surface area contributed by atoms with E-state index in [-0.39, 0.29) is 5.95 Å². The summed E-state index contributed by atoms with van der Waals surface area (Å²) in [6.07, 6.45) is 5.78. The molecule has 0 amide bonds. The molecule has 1 fully saturated rings. The largest absolute Gasteiger partial charge is 0.368 e. The van der Waals surface area contributed by atoms with Crippen molar-refractivity contribution < 1.29 is 0 Å². The van der Waals surface area contributed by atoms with Crippen molar-refractivity contribution in [3.05, 3.63) is 18.5 Å². The molecule has 2 aromatic rings. The van der Waals surface area contributed by atoms with Crippen LogP contribution in [-0.4, -0.2) is 62.9 Å². The number of hydrogen-bond donors (Lipinski definition) is 1. The molecule has 0 bridgehead atoms. The molecule has 0 aliphatic carbocycles. The van der Waals surface area contributed by atoms with E-state index in [4.69, 9.17) is 5.73 Å². The molecule has 3 rings (SSSR count). The Hall–Kier alpha value is -2.22. The summed E-state index contributed by atoms with van der Waals surface area (Å²) >= 11 is 0. The molecule has 1 aliphatic heterocycles. The van der Waals surface area contributed by atoms with Gasteiger partial charge in [0, 0.05) is 31.5 Å². The lowest BCUT2D eigenvalue weighted by Crippen LogP contribution is -2.45. The number of likely N-dealkylation sites (N-methyl/N-ethyl adjacent to an activating group) is 1. The number of nitrogens with zero attached hydrogens (tertiary/aromatic N) is 7. The quantitative estimate of drug-likeness (QED) is 0.861. The van der Waals surface area contributed by atoms with E-state index in [9.17, 15) is 0 Å². The van der Waals surface area contributed by atoms with Crippen LogP contribution in [0.4, 0.5) is 11.9 Å². The van der Waals surface area contributed by atoms with E-state index in [0.717, 1.165) is 19.5 Å². The Morgan fingerprint density at radius 2 is 2.05 bits per heavy atom. The van der Waals surface area contributed by atoms with Crippen LogP contribution in [0.1, 0.15) is 12.8 Å². The molecule has 2 aromatic heterocycles. The van der Waals surface area contributed by atoms with Gasteiger partial charge in [0.15, 0.2) is 0 Å². The van der Waals surface area contributed by atoms with Crippen LogP contribution in [0, 0.1) is 0 Å². The summed E-state index contributed by atoms with van der Waals surface area (Å²) in [7, 11) is 4.20. The van der Waals surface area contributed by atoms with Crippen LogP contribution in [0.5, 0.6) is 0 Å². The number of nitrogen functional groups attached to an aromatic ring is 1. The monoisotopic (exact) mass is 288 g/mol. The number of rotatable bonds is 3. The lowest BCUT2D eigenvalue weighted by molar-refractivity contribution is 0.257. The number of piperidine rings is 1. The van der Waals surface area contributed by atoms with Crippen LogP contribution in [-0.2, 0) is 0 Å². The Labute approximate surface area is 123 Å². The molecular weight excluding hydrogens is 268 g/mol. The minimum atomic E-state index is 0.220. The summed E-state index contributed by atoms with van der Waals surface area (Å²) in [4.78, 5) is 17.3. The van der Waals surface area contributed by atoms with Gasteiger partial charge in [-0.1, -0.05) is 0 Å². The average molecular weight is 288 g/mol. The first-order valence-electron chi connectivity index (χ1n) is 7.06. The predicted octanol–water partition coefficient (Wildman–Crippen LogP) is 0.170. The number of aromatic nitrogens is 5. The molecule has 1 atom stereocenters. The van der Waals surface area contributed by atoms with Crippen LogP contribution < -0.4 is 10.6 Å². The average Bonchev–Trinajstić information content (AvgIpc) is 3.01. The van der Waals surface area contributed by atoms with E-state index in [0.29, 0.717) is 17.9 Å². The van der Waals surface area contributed by atoms with Gasteiger partial charge in [0.25, 0.3) is 5.95 Å². The van der Waals surface area contributed by atoms with Crippen LogP contribution in [0.25, 0.3) is 5.95 Å². The van der Waals surface area contributed by atoms with E-state index < -0.39 is 0 Å². The molecular formula is C13H20N8. The van der Waals surface area contributed by atoms with Gasteiger partial charge < -0.3 is 15.5 Å². The second-order valence-electron chi connectivity index (χ2n) is 5.45. The van der Waals surface area contributed by atoms with E-state index in [2.05, 4.69) is 43.9 Å². The molecule has 0 spiro atoms. The Morgan fingerprint density at radius 1 is 1.24 bits per heavy atom. The second kappa shape index (κ2) is 5.65. The van der Waals surface area contributed by atoms with Crippen molar-refractivity contribution in [2.24, 2.45) is 0 Å². The summed E-state index contributed by atoms with van der Waals surface area (Å²) in [5.74, 6) is 1.30. The van der Waals surface area contributed by atoms with Crippen molar-refractivity contribution in [2.75, 3.05) is 37.8 Å². The van der Waals surface area contributed by atoms with Gasteiger partial charge in [0.1, 0.15) is 0 Å². The normalized spacial score (nSPS) is 19.2. The molecule has 0 radical (unpaired) electrons. The fourth-order valence-corrected chi connectivity index (χ4v) is 2.56. The van der Waals surface area contributed by atoms with Crippen molar-refractivity contribution in [3.63, 3.8) is 0 Å². The molecule has 3 heterocycles. The van der Waals surface area contributed by atoms with Gasteiger partial charge in [-0.05, 0) is 33.0 Å². The van der Waals surface area contributed by atoms with Gasteiger partial charge in [0.2, 0.25) is 11.9 Å². The third-order valence-electron chi connectivity index (χ3n) is 3.75. The molecule has 0 aromatic carbocycles. The number of hydrogen-bond acceptors (Lipinski definition) is 7. The smallest absolute Gasteiger partial charge is 0.257 e. The zero-order chi connectivity index (χ0) is 14.8. The minimum absolute atomic E-state index is 0.220. The van der Waals surface area contributed by atoms with Crippen LogP contribution in [0.3, 0.4) is 0 Å². The lowest BCUT2D eigenvalue weighted by Gasteiger charge is -2.36. The molecule has 21 heavy (non-hydrogen) atoms. The minimum Gasteiger partial charge on any atom is -0.368 e. The highest BCUT2D eigenvalue weighted by molar-refractivity contribution is 5.38. The Bertz CT molecular complexity index is 594. The Morgan fingerprint density at radius 3 is 2.76 bits per heavy atom. The lowest BCUT2D eigenvalue weighted by atomic mass is 10.1. The third-order valence-corrected chi connectivity index (χ3v) is 3.75. The van der Waals surface area contributed by atoms with E-state index in [1.54, 1.807) is 17.1 Å². The maximum Gasteiger partial charge on any atom is 0.257 e. The summed E-state index contributed by atoms with van der Waals surface area (Å²) < 4.78 is 1.59. The standard InChI is InChI=1S/C13H20N8/c1-19(2)10-5-3-7-20(9-10)12-16-11(14)17-13(18-12)21-8-4-6-15-21/h4,6,8,10H,3,5,7,9H2,1-2H3,(H2,14,16,17,18). The third kappa shape index (κ3) is 2.94. The molecule has 1 aliphatic rings. The van der Waals surface area contributed by atoms with Gasteiger partial charge in [-0.15, -0.1) is 0 Å². The molecule has 112 valence electrons. The maximum absolute atomic E-state index is 5.83. The van der Waals surface area contributed by atoms with Crippen molar-refractivity contribution in [3.8, 4) is 5.95 Å². The second-order valence-corrected chi connectivity index (χ2v) is 5.45. The van der Waals surface area contributed by atoms with E-state index in [1.165, 1.54) is 6.42 Å². The van der Waals surface area contributed by atoms with Crippen molar-refractivity contribution in [1.82, 2.24) is 29.6 Å². The van der Waals surface area contributed by atoms with Gasteiger partial charge >= 0.3 is 0 Å². The first-order valence-corrected chi connectivity index (χ1v) is 7.06. The SMILES string of the molecule is CN(C)C1CCCN(c2nc(N)nc(-n3cccn3)n2)C1. The fraction of sp³-hybridized carbons (Fsp3) is 0.538. The van der Waals surface area contributed by atoms with Crippen molar-refractivity contribution >= 4 is 11.9 Å². The highest BCUT2D eigenvalue weighted by Crippen LogP contribution is 2.19. The molecule has 1 unspecified atom stereocenters. The topological polar surface area (TPSA) is 89.0 Å². The molecule has 2 N–H and O–H groups in total. The summed E-state index contributed by atoms with van der Waals surface area (Å²) in [5, 5.41) is 4.14. The molecule has 8 heteroatoms. The van der Waals surface area contributed by atoms with E-state index in [1.807, 2.05) is 6.07 Å².